The van der Waals surface area contributed by atoms with Crippen molar-refractivity contribution in [1.82, 2.24) is 14.5 Å². The Balaban J connectivity index is 1.59. The Morgan fingerprint density at radius 3 is 2.71 bits per heavy atom. The van der Waals surface area contributed by atoms with Gasteiger partial charge in [-0.15, -0.1) is 12.6 Å². The van der Waals surface area contributed by atoms with Gasteiger partial charge in [0.25, 0.3) is 0 Å². The Morgan fingerprint density at radius 2 is 2.05 bits per heavy atom. The van der Waals surface area contributed by atoms with Crippen LogP contribution in [0.3, 0.4) is 0 Å². The second kappa shape index (κ2) is 4.55. The normalized spacial score (nSPS) is 29.4. The number of nitrogens with zero attached hydrogens (tertiary/aromatic N) is 3. The molecular weight excluding hydrogens is 292 g/mol. The molecule has 2 fully saturated rings. The monoisotopic (exact) mass is 307 g/mol. The van der Waals surface area contributed by atoms with Crippen LogP contribution >= 0.6 is 12.6 Å². The highest BCUT2D eigenvalue weighted by atomic mass is 32.1. The molecule has 1 unspecified atom stereocenters. The fourth-order valence-electron chi connectivity index (χ4n) is 3.58. The SMILES string of the molecule is Fc1cc(F)cc([C@]23C[C@H]2CN(C(S)n2ccnc2)C3)c1. The van der Waals surface area contributed by atoms with E-state index in [4.69, 9.17) is 0 Å². The van der Waals surface area contributed by atoms with E-state index in [1.165, 1.54) is 12.1 Å². The summed E-state index contributed by atoms with van der Waals surface area (Å²) in [7, 11) is 0. The molecule has 1 aliphatic carbocycles. The molecule has 0 N–H and O–H groups in total. The number of hydrogen-bond acceptors (Lipinski definition) is 3. The van der Waals surface area contributed by atoms with Gasteiger partial charge in [-0.3, -0.25) is 4.90 Å². The van der Waals surface area contributed by atoms with Crippen LogP contribution in [0, 0.1) is 17.6 Å². The summed E-state index contributed by atoms with van der Waals surface area (Å²) >= 11 is 4.63. The Hall–Kier alpha value is -1.40. The van der Waals surface area contributed by atoms with Gasteiger partial charge in [0.2, 0.25) is 0 Å². The average Bonchev–Trinajstić information content (AvgIpc) is 2.84. The van der Waals surface area contributed by atoms with Crippen molar-refractivity contribution in [3.63, 3.8) is 0 Å². The number of rotatable bonds is 3. The minimum absolute atomic E-state index is 0.0874. The predicted molar refractivity (Wildman–Crippen MR) is 78.0 cm³/mol. The third kappa shape index (κ3) is 2.08. The lowest BCUT2D eigenvalue weighted by atomic mass is 9.95. The zero-order chi connectivity index (χ0) is 14.6. The van der Waals surface area contributed by atoms with Crippen molar-refractivity contribution in [1.29, 1.82) is 0 Å². The van der Waals surface area contributed by atoms with Gasteiger partial charge in [-0.25, -0.2) is 13.8 Å². The molecule has 2 heterocycles. The van der Waals surface area contributed by atoms with E-state index in [0.717, 1.165) is 31.1 Å². The van der Waals surface area contributed by atoms with Crippen LogP contribution in [0.4, 0.5) is 8.78 Å². The summed E-state index contributed by atoms with van der Waals surface area (Å²) in [6.07, 6.45) is 6.32. The van der Waals surface area contributed by atoms with Crippen molar-refractivity contribution in [3.05, 3.63) is 54.1 Å². The molecule has 0 radical (unpaired) electrons. The largest absolute Gasteiger partial charge is 0.312 e. The molecule has 110 valence electrons. The zero-order valence-electron chi connectivity index (χ0n) is 11.3. The van der Waals surface area contributed by atoms with Crippen molar-refractivity contribution in [2.45, 2.75) is 17.3 Å². The molecule has 1 saturated carbocycles. The second-order valence-corrected chi connectivity index (χ2v) is 6.46. The highest BCUT2D eigenvalue weighted by molar-refractivity contribution is 7.80. The van der Waals surface area contributed by atoms with Crippen LogP contribution in [-0.4, -0.2) is 27.5 Å². The van der Waals surface area contributed by atoms with Crippen molar-refractivity contribution < 1.29 is 8.78 Å². The van der Waals surface area contributed by atoms with Gasteiger partial charge in [-0.2, -0.15) is 0 Å². The molecule has 0 bridgehead atoms. The summed E-state index contributed by atoms with van der Waals surface area (Å²) in [4.78, 5) is 6.26. The van der Waals surface area contributed by atoms with Crippen molar-refractivity contribution >= 4 is 12.6 Å². The predicted octanol–water partition coefficient (Wildman–Crippen LogP) is 2.82. The minimum Gasteiger partial charge on any atom is -0.312 e. The summed E-state index contributed by atoms with van der Waals surface area (Å²) in [6, 6.07) is 3.87. The molecule has 3 atom stereocenters. The van der Waals surface area contributed by atoms with Crippen LogP contribution in [0.2, 0.25) is 0 Å². The minimum atomic E-state index is -0.500. The number of piperidine rings is 1. The number of halogens is 2. The van der Waals surface area contributed by atoms with Gasteiger partial charge in [-0.05, 0) is 30.0 Å². The highest BCUT2D eigenvalue weighted by Gasteiger charge is 2.61. The van der Waals surface area contributed by atoms with Gasteiger partial charge in [0.05, 0.1) is 6.33 Å². The number of benzene rings is 1. The summed E-state index contributed by atoms with van der Waals surface area (Å²) in [5, 5.41) is 0. The highest BCUT2D eigenvalue weighted by Crippen LogP contribution is 2.60. The number of likely N-dealkylation sites (tertiary alicyclic amines) is 1. The van der Waals surface area contributed by atoms with Gasteiger partial charge < -0.3 is 4.57 Å². The zero-order valence-corrected chi connectivity index (χ0v) is 12.2. The van der Waals surface area contributed by atoms with Crippen LogP contribution in [0.5, 0.6) is 0 Å². The van der Waals surface area contributed by atoms with Crippen LogP contribution < -0.4 is 0 Å². The molecule has 1 aliphatic heterocycles. The molecular formula is C15H15F2N3S. The molecule has 1 aromatic carbocycles. The number of hydrogen-bond donors (Lipinski definition) is 1. The summed E-state index contributed by atoms with van der Waals surface area (Å²) < 4.78 is 28.9. The van der Waals surface area contributed by atoms with E-state index in [1.54, 1.807) is 12.5 Å². The Bertz CT molecular complexity index is 655. The van der Waals surface area contributed by atoms with Gasteiger partial charge in [-0.1, -0.05) is 0 Å². The quantitative estimate of drug-likeness (QED) is 0.880. The third-order valence-electron chi connectivity index (χ3n) is 4.73. The van der Waals surface area contributed by atoms with E-state index in [2.05, 4.69) is 22.5 Å². The lowest BCUT2D eigenvalue weighted by Gasteiger charge is -2.27. The topological polar surface area (TPSA) is 21.1 Å². The van der Waals surface area contributed by atoms with Gasteiger partial charge in [0, 0.05) is 37.0 Å². The maximum absolute atomic E-state index is 13.5. The van der Waals surface area contributed by atoms with Crippen LogP contribution in [-0.2, 0) is 5.41 Å². The molecule has 6 heteroatoms. The fraction of sp³-hybridized carbons (Fsp3) is 0.400. The van der Waals surface area contributed by atoms with Gasteiger partial charge >= 0.3 is 0 Å². The van der Waals surface area contributed by atoms with E-state index in [-0.39, 0.29) is 10.9 Å². The number of fused-ring (bicyclic) bond motifs is 1. The molecule has 1 aromatic heterocycles. The summed E-state index contributed by atoms with van der Waals surface area (Å²) in [5.74, 6) is -0.544. The lowest BCUT2D eigenvalue weighted by Crippen LogP contribution is -2.31. The Morgan fingerprint density at radius 1 is 1.29 bits per heavy atom. The van der Waals surface area contributed by atoms with E-state index in [1.807, 2.05) is 10.8 Å². The number of imidazole rings is 1. The number of aromatic nitrogens is 2. The first-order valence-electron chi connectivity index (χ1n) is 6.95. The van der Waals surface area contributed by atoms with Crippen LogP contribution in [0.1, 0.15) is 17.5 Å². The van der Waals surface area contributed by atoms with Crippen LogP contribution in [0.15, 0.2) is 36.9 Å². The fourth-order valence-corrected chi connectivity index (χ4v) is 3.89. The maximum atomic E-state index is 13.5. The Labute approximate surface area is 127 Å². The summed E-state index contributed by atoms with van der Waals surface area (Å²) in [5.41, 5.74) is 0.582. The molecule has 0 amide bonds. The molecule has 2 aliphatic rings. The second-order valence-electron chi connectivity index (χ2n) is 6.00. The summed E-state index contributed by atoms with van der Waals surface area (Å²) in [6.45, 7) is 1.66. The molecule has 3 nitrogen and oxygen atoms in total. The first kappa shape index (κ1) is 13.3. The molecule has 1 saturated heterocycles. The third-order valence-corrected chi connectivity index (χ3v) is 5.32. The van der Waals surface area contributed by atoms with E-state index < -0.39 is 11.6 Å². The smallest absolute Gasteiger partial charge is 0.132 e. The van der Waals surface area contributed by atoms with Gasteiger partial charge in [0.1, 0.15) is 17.1 Å². The standard InChI is InChI=1S/C15H15F2N3S/c16-12-3-10(4-13(17)5-12)15-6-11(15)7-20(8-15)14(21)19-2-1-18-9-19/h1-5,9,11,14,21H,6-8H2/t11-,14?,15+/m0/s1. The van der Waals surface area contributed by atoms with E-state index in [0.29, 0.717) is 5.92 Å². The van der Waals surface area contributed by atoms with Crippen molar-refractivity contribution in [2.24, 2.45) is 5.92 Å². The first-order chi connectivity index (χ1) is 10.1. The van der Waals surface area contributed by atoms with E-state index >= 15 is 0 Å². The molecule has 2 aromatic rings. The maximum Gasteiger partial charge on any atom is 0.132 e. The first-order valence-corrected chi connectivity index (χ1v) is 7.46. The van der Waals surface area contributed by atoms with Gasteiger partial charge in [0.15, 0.2) is 0 Å². The van der Waals surface area contributed by atoms with Crippen LogP contribution in [0.25, 0.3) is 0 Å². The lowest BCUT2D eigenvalue weighted by molar-refractivity contribution is 0.231. The van der Waals surface area contributed by atoms with Crippen molar-refractivity contribution in [2.75, 3.05) is 13.1 Å². The van der Waals surface area contributed by atoms with Crippen molar-refractivity contribution in [3.8, 4) is 0 Å². The number of thiol groups is 1. The average molecular weight is 307 g/mol. The molecule has 4 rings (SSSR count). The molecule has 0 spiro atoms. The van der Waals surface area contributed by atoms with E-state index in [9.17, 15) is 8.78 Å². The molecule has 21 heavy (non-hydrogen) atoms. The Kier molecular flexibility index (Phi) is 2.87.